The third-order valence-corrected chi connectivity index (χ3v) is 6.40. The molecule has 1 saturated heterocycles. The van der Waals surface area contributed by atoms with Crippen molar-refractivity contribution in [3.63, 3.8) is 0 Å². The molecule has 0 bridgehead atoms. The summed E-state index contributed by atoms with van der Waals surface area (Å²) in [6, 6.07) is 4.14. The van der Waals surface area contributed by atoms with Crippen LogP contribution in [0.2, 0.25) is 0 Å². The quantitative estimate of drug-likeness (QED) is 0.526. The molecule has 10 heteroatoms. The lowest BCUT2D eigenvalue weighted by molar-refractivity contribution is 0.102. The van der Waals surface area contributed by atoms with Crippen LogP contribution in [0.15, 0.2) is 36.9 Å². The molecule has 1 fully saturated rings. The van der Waals surface area contributed by atoms with E-state index in [1.165, 1.54) is 11.3 Å². The Morgan fingerprint density at radius 3 is 2.74 bits per heavy atom. The van der Waals surface area contributed by atoms with Gasteiger partial charge in [0.15, 0.2) is 0 Å². The number of carbonyl (C=O) groups is 1. The minimum atomic E-state index is -0.227. The second kappa shape index (κ2) is 8.12. The molecule has 1 aliphatic rings. The number of hydrogen-bond donors (Lipinski definition) is 1. The number of fused-ring (bicyclic) bond motifs is 1. The minimum absolute atomic E-state index is 0.227. The summed E-state index contributed by atoms with van der Waals surface area (Å²) in [5, 5.41) is 18.1. The van der Waals surface area contributed by atoms with Crippen molar-refractivity contribution in [2.45, 2.75) is 25.8 Å². The van der Waals surface area contributed by atoms with E-state index in [1.807, 2.05) is 29.9 Å². The lowest BCUT2D eigenvalue weighted by Gasteiger charge is -2.28. The maximum atomic E-state index is 12.7. The Labute approximate surface area is 183 Å². The molecule has 31 heavy (non-hydrogen) atoms. The molecule has 0 radical (unpaired) electrons. The number of aryl methyl sites for hydroxylation is 1. The number of aromatic nitrogens is 6. The molecule has 1 amide bonds. The zero-order chi connectivity index (χ0) is 21.4. The summed E-state index contributed by atoms with van der Waals surface area (Å²) in [5.74, 6) is 0.242. The first-order valence-electron chi connectivity index (χ1n) is 10.2. The number of amides is 1. The summed E-state index contributed by atoms with van der Waals surface area (Å²) in [6.07, 6.45) is 8.93. The zero-order valence-corrected chi connectivity index (χ0v) is 18.1. The zero-order valence-electron chi connectivity index (χ0n) is 17.3. The van der Waals surface area contributed by atoms with Crippen molar-refractivity contribution in [1.29, 1.82) is 0 Å². The van der Waals surface area contributed by atoms with Crippen LogP contribution in [-0.2, 0) is 0 Å². The third kappa shape index (κ3) is 4.17. The van der Waals surface area contributed by atoms with Crippen LogP contribution in [0.3, 0.4) is 0 Å². The van der Waals surface area contributed by atoms with Gasteiger partial charge in [-0.2, -0.15) is 5.10 Å². The molecule has 4 aromatic rings. The average Bonchev–Trinajstić information content (AvgIpc) is 3.43. The molecule has 158 valence electrons. The largest absolute Gasteiger partial charge is 0.306 e. The molecule has 5 rings (SSSR count). The lowest BCUT2D eigenvalue weighted by Crippen LogP contribution is -2.31. The first-order valence-corrected chi connectivity index (χ1v) is 11.0. The Morgan fingerprint density at radius 1 is 1.13 bits per heavy atom. The number of piperidine rings is 1. The lowest BCUT2D eigenvalue weighted by atomic mass is 10.1. The maximum absolute atomic E-state index is 12.7. The predicted octanol–water partition coefficient (Wildman–Crippen LogP) is 3.17. The highest BCUT2D eigenvalue weighted by atomic mass is 32.1. The molecule has 5 heterocycles. The van der Waals surface area contributed by atoms with Gasteiger partial charge in [-0.25, -0.2) is 4.98 Å². The Bertz CT molecular complexity index is 1240. The summed E-state index contributed by atoms with van der Waals surface area (Å²) in [7, 11) is 2.13. The monoisotopic (exact) mass is 434 g/mol. The van der Waals surface area contributed by atoms with E-state index >= 15 is 0 Å². The van der Waals surface area contributed by atoms with Crippen LogP contribution in [0.5, 0.6) is 0 Å². The van der Waals surface area contributed by atoms with Gasteiger partial charge in [-0.05, 0) is 52.0 Å². The number of rotatable bonds is 4. The molecular weight excluding hydrogens is 412 g/mol. The van der Waals surface area contributed by atoms with Gasteiger partial charge in [-0.15, -0.1) is 10.2 Å². The van der Waals surface area contributed by atoms with Crippen LogP contribution in [0, 0.1) is 6.92 Å². The number of hydrogen-bond acceptors (Lipinski definition) is 8. The highest BCUT2D eigenvalue weighted by Gasteiger charge is 2.20. The van der Waals surface area contributed by atoms with Crippen molar-refractivity contribution in [2.75, 3.05) is 25.5 Å². The number of anilines is 1. The first-order chi connectivity index (χ1) is 15.0. The van der Waals surface area contributed by atoms with E-state index in [9.17, 15) is 4.79 Å². The molecule has 1 N–H and O–H groups in total. The molecule has 0 atom stereocenters. The van der Waals surface area contributed by atoms with Crippen LogP contribution < -0.4 is 5.32 Å². The standard InChI is InChI=1S/C21H22N8OS/c1-13-26-27-21(31-13)15-7-14-8-19(23-11-18(14)22-9-15)25-20(30)16-10-24-29(12-16)17-3-5-28(2)6-4-17/h7-12,17H,3-6H2,1-2H3,(H,23,25,30). The molecule has 1 aliphatic heterocycles. The summed E-state index contributed by atoms with van der Waals surface area (Å²) in [5.41, 5.74) is 2.16. The van der Waals surface area contributed by atoms with Crippen molar-refractivity contribution in [3.05, 3.63) is 47.5 Å². The van der Waals surface area contributed by atoms with E-state index in [0.29, 0.717) is 17.4 Å². The summed E-state index contributed by atoms with van der Waals surface area (Å²) in [6.45, 7) is 4.00. The van der Waals surface area contributed by atoms with Crippen LogP contribution in [0.25, 0.3) is 21.5 Å². The van der Waals surface area contributed by atoms with Gasteiger partial charge >= 0.3 is 0 Å². The first kappa shape index (κ1) is 19.7. The molecule has 0 aromatic carbocycles. The molecule has 0 spiro atoms. The molecule has 0 saturated carbocycles. The van der Waals surface area contributed by atoms with Crippen molar-refractivity contribution in [1.82, 2.24) is 34.8 Å². The highest BCUT2D eigenvalue weighted by Crippen LogP contribution is 2.26. The fraction of sp³-hybridized carbons (Fsp3) is 0.333. The molecule has 0 aliphatic carbocycles. The van der Waals surface area contributed by atoms with Crippen molar-refractivity contribution >= 4 is 34.0 Å². The highest BCUT2D eigenvalue weighted by molar-refractivity contribution is 7.14. The van der Waals surface area contributed by atoms with Gasteiger partial charge in [0.05, 0.1) is 29.5 Å². The van der Waals surface area contributed by atoms with E-state index in [2.05, 4.69) is 42.5 Å². The van der Waals surface area contributed by atoms with Crippen LogP contribution in [0.1, 0.15) is 34.2 Å². The van der Waals surface area contributed by atoms with Crippen LogP contribution in [0.4, 0.5) is 5.82 Å². The molecule has 9 nitrogen and oxygen atoms in total. The molecular formula is C21H22N8OS. The average molecular weight is 435 g/mol. The van der Waals surface area contributed by atoms with Gasteiger partial charge in [-0.1, -0.05) is 11.3 Å². The number of nitrogens with one attached hydrogen (secondary N) is 1. The third-order valence-electron chi connectivity index (χ3n) is 5.51. The topological polar surface area (TPSA) is 102 Å². The van der Waals surface area contributed by atoms with Gasteiger partial charge in [0.1, 0.15) is 15.8 Å². The Morgan fingerprint density at radius 2 is 1.97 bits per heavy atom. The van der Waals surface area contributed by atoms with Gasteiger partial charge < -0.3 is 10.2 Å². The number of pyridine rings is 2. The van der Waals surface area contributed by atoms with Crippen molar-refractivity contribution < 1.29 is 4.79 Å². The number of nitrogens with zero attached hydrogens (tertiary/aromatic N) is 7. The van der Waals surface area contributed by atoms with E-state index < -0.39 is 0 Å². The van der Waals surface area contributed by atoms with Gasteiger partial charge in [0, 0.05) is 23.3 Å². The SMILES string of the molecule is Cc1nnc(-c2cnc3cnc(NC(=O)c4cnn(C5CCN(C)CC5)c4)cc3c2)s1. The van der Waals surface area contributed by atoms with E-state index in [-0.39, 0.29) is 5.91 Å². The van der Waals surface area contributed by atoms with Crippen molar-refractivity contribution in [2.24, 2.45) is 0 Å². The minimum Gasteiger partial charge on any atom is -0.306 e. The van der Waals surface area contributed by atoms with E-state index in [4.69, 9.17) is 0 Å². The smallest absolute Gasteiger partial charge is 0.260 e. The molecule has 4 aromatic heterocycles. The van der Waals surface area contributed by atoms with E-state index in [1.54, 1.807) is 18.6 Å². The summed E-state index contributed by atoms with van der Waals surface area (Å²) < 4.78 is 1.91. The second-order valence-corrected chi connectivity index (χ2v) is 8.99. The molecule has 0 unspecified atom stereocenters. The Balaban J connectivity index is 1.33. The van der Waals surface area contributed by atoms with Crippen molar-refractivity contribution in [3.8, 4) is 10.6 Å². The predicted molar refractivity (Wildman–Crippen MR) is 119 cm³/mol. The van der Waals surface area contributed by atoms with E-state index in [0.717, 1.165) is 52.4 Å². The maximum Gasteiger partial charge on any atom is 0.260 e. The normalized spacial score (nSPS) is 15.4. The fourth-order valence-corrected chi connectivity index (χ4v) is 4.41. The van der Waals surface area contributed by atoms with Gasteiger partial charge in [0.25, 0.3) is 5.91 Å². The summed E-state index contributed by atoms with van der Waals surface area (Å²) in [4.78, 5) is 23.8. The summed E-state index contributed by atoms with van der Waals surface area (Å²) >= 11 is 1.52. The Hall–Kier alpha value is -3.24. The van der Waals surface area contributed by atoms with Crippen LogP contribution in [-0.4, -0.2) is 60.9 Å². The number of likely N-dealkylation sites (tertiary alicyclic amines) is 1. The van der Waals surface area contributed by atoms with Crippen LogP contribution >= 0.6 is 11.3 Å². The number of carbonyl (C=O) groups excluding carboxylic acids is 1. The van der Waals surface area contributed by atoms with Gasteiger partial charge in [-0.3, -0.25) is 14.5 Å². The van der Waals surface area contributed by atoms with Gasteiger partial charge in [0.2, 0.25) is 0 Å². The Kier molecular flexibility index (Phi) is 5.16. The fourth-order valence-electron chi connectivity index (χ4n) is 3.73. The second-order valence-electron chi connectivity index (χ2n) is 7.81.